The molecular weight excluding hydrogens is 432 g/mol. The predicted molar refractivity (Wildman–Crippen MR) is 119 cm³/mol. The molecule has 182 valence electrons. The van der Waals surface area contributed by atoms with Gasteiger partial charge in [-0.25, -0.2) is 4.79 Å². The van der Waals surface area contributed by atoms with Crippen molar-refractivity contribution in [3.63, 3.8) is 0 Å². The van der Waals surface area contributed by atoms with Crippen molar-refractivity contribution in [2.75, 3.05) is 13.1 Å². The minimum Gasteiger partial charge on any atom is -0.480 e. The van der Waals surface area contributed by atoms with Crippen LogP contribution in [-0.4, -0.2) is 65.9 Å². The number of unbranched alkanes of at least 4 members (excludes halogenated alkanes) is 1. The summed E-state index contributed by atoms with van der Waals surface area (Å²) in [7, 11) is 0. The maximum atomic E-state index is 12.8. The van der Waals surface area contributed by atoms with Gasteiger partial charge in [-0.1, -0.05) is 30.3 Å². The standard InChI is InChI=1S/C21H32N6O6/c22-9-5-4-8-15(21(32)33)27-20(31)16(10-13-6-2-1-3-7-13)26-18(29)12-25-19(30)14(23)11-17(24)28/h1-3,6-7,14-16H,4-5,8-12,22-23H2,(H2,24,28)(H,25,30)(H,26,29)(H,27,31)(H,32,33). The molecule has 0 spiro atoms. The normalized spacial score (nSPS) is 13.3. The molecule has 1 aromatic carbocycles. The first-order valence-corrected chi connectivity index (χ1v) is 10.5. The Morgan fingerprint density at radius 2 is 1.61 bits per heavy atom. The Bertz CT molecular complexity index is 819. The summed E-state index contributed by atoms with van der Waals surface area (Å²) in [6, 6.07) is 5.40. The van der Waals surface area contributed by atoms with Crippen LogP contribution in [0.4, 0.5) is 0 Å². The molecule has 0 aromatic heterocycles. The van der Waals surface area contributed by atoms with E-state index in [0.29, 0.717) is 19.4 Å². The number of amides is 4. The third-order valence-electron chi connectivity index (χ3n) is 4.68. The summed E-state index contributed by atoms with van der Waals surface area (Å²) < 4.78 is 0. The minimum absolute atomic E-state index is 0.0999. The van der Waals surface area contributed by atoms with E-state index in [1.807, 2.05) is 0 Å². The Hall–Kier alpha value is -3.51. The van der Waals surface area contributed by atoms with Crippen LogP contribution in [0.25, 0.3) is 0 Å². The summed E-state index contributed by atoms with van der Waals surface area (Å²) in [5.41, 5.74) is 16.7. The highest BCUT2D eigenvalue weighted by molar-refractivity contribution is 5.93. The summed E-state index contributed by atoms with van der Waals surface area (Å²) in [4.78, 5) is 59.4. The van der Waals surface area contributed by atoms with E-state index in [1.54, 1.807) is 30.3 Å². The Balaban J connectivity index is 2.81. The van der Waals surface area contributed by atoms with Crippen LogP contribution < -0.4 is 33.2 Å². The number of hydrogen-bond donors (Lipinski definition) is 7. The molecule has 0 saturated heterocycles. The lowest BCUT2D eigenvalue weighted by Crippen LogP contribution is -2.54. The molecule has 0 saturated carbocycles. The average Bonchev–Trinajstić information content (AvgIpc) is 2.76. The molecule has 12 nitrogen and oxygen atoms in total. The van der Waals surface area contributed by atoms with Gasteiger partial charge in [-0.15, -0.1) is 0 Å². The highest BCUT2D eigenvalue weighted by Gasteiger charge is 2.27. The lowest BCUT2D eigenvalue weighted by atomic mass is 10.0. The molecule has 1 aromatic rings. The van der Waals surface area contributed by atoms with Gasteiger partial charge in [0.1, 0.15) is 12.1 Å². The fraction of sp³-hybridized carbons (Fsp3) is 0.476. The second kappa shape index (κ2) is 14.5. The summed E-state index contributed by atoms with van der Waals surface area (Å²) >= 11 is 0. The molecule has 12 heteroatoms. The number of nitrogens with two attached hydrogens (primary N) is 3. The number of rotatable bonds is 15. The molecule has 1 rings (SSSR count). The van der Waals surface area contributed by atoms with Crippen molar-refractivity contribution in [1.82, 2.24) is 16.0 Å². The van der Waals surface area contributed by atoms with Gasteiger partial charge in [-0.05, 0) is 31.4 Å². The molecule has 0 aliphatic heterocycles. The lowest BCUT2D eigenvalue weighted by molar-refractivity contribution is -0.142. The SMILES string of the molecule is NCCCCC(NC(=O)C(Cc1ccccc1)NC(=O)CNC(=O)C(N)CC(N)=O)C(=O)O. The second-order valence-corrected chi connectivity index (χ2v) is 7.49. The molecule has 0 radical (unpaired) electrons. The van der Waals surface area contributed by atoms with Gasteiger partial charge in [0.25, 0.3) is 0 Å². The third-order valence-corrected chi connectivity index (χ3v) is 4.68. The Morgan fingerprint density at radius 3 is 2.18 bits per heavy atom. The number of carboxylic acids is 1. The predicted octanol–water partition coefficient (Wildman–Crippen LogP) is -2.27. The van der Waals surface area contributed by atoms with E-state index >= 15 is 0 Å². The fourth-order valence-corrected chi connectivity index (χ4v) is 2.93. The van der Waals surface area contributed by atoms with E-state index < -0.39 is 54.3 Å². The maximum Gasteiger partial charge on any atom is 0.326 e. The van der Waals surface area contributed by atoms with Crippen molar-refractivity contribution in [3.8, 4) is 0 Å². The van der Waals surface area contributed by atoms with Gasteiger partial charge in [0.2, 0.25) is 23.6 Å². The van der Waals surface area contributed by atoms with Gasteiger partial charge < -0.3 is 38.3 Å². The van der Waals surface area contributed by atoms with Crippen LogP contribution in [0.1, 0.15) is 31.2 Å². The van der Waals surface area contributed by atoms with Crippen LogP contribution >= 0.6 is 0 Å². The number of carboxylic acid groups (broad SMARTS) is 1. The van der Waals surface area contributed by atoms with E-state index in [9.17, 15) is 29.1 Å². The van der Waals surface area contributed by atoms with Crippen molar-refractivity contribution in [1.29, 1.82) is 0 Å². The number of primary amides is 1. The van der Waals surface area contributed by atoms with E-state index in [2.05, 4.69) is 16.0 Å². The monoisotopic (exact) mass is 464 g/mol. The second-order valence-electron chi connectivity index (χ2n) is 7.49. The average molecular weight is 465 g/mol. The third kappa shape index (κ3) is 11.1. The molecule has 4 amide bonds. The van der Waals surface area contributed by atoms with Crippen LogP contribution in [0, 0.1) is 0 Å². The molecule has 0 fully saturated rings. The smallest absolute Gasteiger partial charge is 0.326 e. The quantitative estimate of drug-likeness (QED) is 0.140. The summed E-state index contributed by atoms with van der Waals surface area (Å²) in [5, 5.41) is 16.6. The van der Waals surface area contributed by atoms with Crippen molar-refractivity contribution < 1.29 is 29.1 Å². The minimum atomic E-state index is -1.21. The van der Waals surface area contributed by atoms with E-state index in [1.165, 1.54) is 0 Å². The zero-order valence-electron chi connectivity index (χ0n) is 18.3. The molecule has 3 unspecified atom stereocenters. The number of carbonyl (C=O) groups is 5. The molecule has 10 N–H and O–H groups in total. The summed E-state index contributed by atoms with van der Waals surface area (Å²) in [6.45, 7) is -0.0927. The van der Waals surface area contributed by atoms with Crippen LogP contribution in [0.15, 0.2) is 30.3 Å². The number of benzene rings is 1. The topological polar surface area (TPSA) is 220 Å². The Kier molecular flexibility index (Phi) is 12.1. The largest absolute Gasteiger partial charge is 0.480 e. The first kappa shape index (κ1) is 27.5. The zero-order valence-corrected chi connectivity index (χ0v) is 18.3. The van der Waals surface area contributed by atoms with Crippen LogP contribution in [-0.2, 0) is 30.4 Å². The van der Waals surface area contributed by atoms with Gasteiger partial charge in [-0.2, -0.15) is 0 Å². The van der Waals surface area contributed by atoms with Gasteiger partial charge in [0, 0.05) is 6.42 Å². The molecule has 0 aliphatic rings. The Morgan fingerprint density at radius 1 is 0.939 bits per heavy atom. The van der Waals surface area contributed by atoms with Crippen LogP contribution in [0.3, 0.4) is 0 Å². The maximum absolute atomic E-state index is 12.8. The summed E-state index contributed by atoms with van der Waals surface area (Å²) in [5.74, 6) is -4.08. The highest BCUT2D eigenvalue weighted by atomic mass is 16.4. The van der Waals surface area contributed by atoms with Gasteiger partial charge in [0.15, 0.2) is 0 Å². The number of nitrogens with one attached hydrogen (secondary N) is 3. The number of carbonyl (C=O) groups excluding carboxylic acids is 4. The molecule has 0 heterocycles. The molecule has 0 aliphatic carbocycles. The molecular formula is C21H32N6O6. The molecule has 0 bridgehead atoms. The van der Waals surface area contributed by atoms with E-state index in [-0.39, 0.29) is 19.3 Å². The van der Waals surface area contributed by atoms with Gasteiger partial charge >= 0.3 is 5.97 Å². The summed E-state index contributed by atoms with van der Waals surface area (Å²) in [6.07, 6.45) is 1.04. The Labute approximate surface area is 191 Å². The van der Waals surface area contributed by atoms with E-state index in [4.69, 9.17) is 17.2 Å². The van der Waals surface area contributed by atoms with Crippen LogP contribution in [0.2, 0.25) is 0 Å². The van der Waals surface area contributed by atoms with Crippen molar-refractivity contribution >= 4 is 29.6 Å². The van der Waals surface area contributed by atoms with Gasteiger partial charge in [-0.3, -0.25) is 19.2 Å². The first-order valence-electron chi connectivity index (χ1n) is 10.5. The zero-order chi connectivity index (χ0) is 24.8. The molecule has 3 atom stereocenters. The van der Waals surface area contributed by atoms with Crippen molar-refractivity contribution in [3.05, 3.63) is 35.9 Å². The first-order chi connectivity index (χ1) is 15.6. The number of hydrogen-bond acceptors (Lipinski definition) is 7. The van der Waals surface area contributed by atoms with Gasteiger partial charge in [0.05, 0.1) is 19.0 Å². The highest BCUT2D eigenvalue weighted by Crippen LogP contribution is 2.06. The number of aliphatic carboxylic acids is 1. The van der Waals surface area contributed by atoms with Crippen LogP contribution in [0.5, 0.6) is 0 Å². The van der Waals surface area contributed by atoms with Crippen molar-refractivity contribution in [2.24, 2.45) is 17.2 Å². The van der Waals surface area contributed by atoms with E-state index in [0.717, 1.165) is 5.56 Å². The fourth-order valence-electron chi connectivity index (χ4n) is 2.93. The molecule has 33 heavy (non-hydrogen) atoms. The lowest BCUT2D eigenvalue weighted by Gasteiger charge is -2.22. The van der Waals surface area contributed by atoms with Crippen molar-refractivity contribution in [2.45, 2.75) is 50.2 Å².